The Hall–Kier alpha value is -2.67. The number of aryl methyl sites for hydroxylation is 2. The van der Waals surface area contributed by atoms with Crippen LogP contribution >= 0.6 is 11.3 Å². The van der Waals surface area contributed by atoms with Crippen LogP contribution in [0.5, 0.6) is 5.75 Å². The lowest BCUT2D eigenvalue weighted by Gasteiger charge is -2.07. The van der Waals surface area contributed by atoms with Crippen LogP contribution in [0, 0.1) is 13.8 Å². The van der Waals surface area contributed by atoms with Crippen LogP contribution in [0.3, 0.4) is 0 Å². The van der Waals surface area contributed by atoms with Crippen LogP contribution in [0.25, 0.3) is 0 Å². The Kier molecular flexibility index (Phi) is 6.30. The van der Waals surface area contributed by atoms with Crippen molar-refractivity contribution in [3.05, 3.63) is 51.2 Å². The molecule has 0 saturated carbocycles. The van der Waals surface area contributed by atoms with Crippen molar-refractivity contribution in [3.8, 4) is 5.75 Å². The summed E-state index contributed by atoms with van der Waals surface area (Å²) in [7, 11) is 1.50. The number of thiophene rings is 1. The molecule has 0 atom stereocenters. The van der Waals surface area contributed by atoms with Crippen molar-refractivity contribution in [3.63, 3.8) is 0 Å². The Balaban J connectivity index is 1.81. The van der Waals surface area contributed by atoms with Gasteiger partial charge in [0.15, 0.2) is 6.61 Å². The molecule has 0 fully saturated rings. The van der Waals surface area contributed by atoms with Crippen LogP contribution in [0.2, 0.25) is 0 Å². The molecular formula is C18H19NO5S. The number of ketones is 1. The summed E-state index contributed by atoms with van der Waals surface area (Å²) in [6.45, 7) is 3.10. The number of benzene rings is 1. The van der Waals surface area contributed by atoms with Gasteiger partial charge in [0.25, 0.3) is 5.91 Å². The molecule has 0 aliphatic heterocycles. The average Bonchev–Trinajstić information content (AvgIpc) is 2.95. The van der Waals surface area contributed by atoms with Crippen molar-refractivity contribution >= 4 is 29.0 Å². The third-order valence-electron chi connectivity index (χ3n) is 3.43. The highest BCUT2D eigenvalue weighted by molar-refractivity contribution is 7.12. The van der Waals surface area contributed by atoms with Crippen molar-refractivity contribution in [2.45, 2.75) is 13.8 Å². The highest BCUT2D eigenvalue weighted by Crippen LogP contribution is 2.21. The van der Waals surface area contributed by atoms with Crippen LogP contribution < -0.4 is 10.1 Å². The quantitative estimate of drug-likeness (QED) is 0.605. The lowest BCUT2D eigenvalue weighted by molar-refractivity contribution is -0.141. The van der Waals surface area contributed by atoms with E-state index in [1.165, 1.54) is 18.4 Å². The summed E-state index contributed by atoms with van der Waals surface area (Å²) < 4.78 is 9.97. The molecule has 0 radical (unpaired) electrons. The number of esters is 1. The van der Waals surface area contributed by atoms with Crippen molar-refractivity contribution in [1.82, 2.24) is 5.32 Å². The van der Waals surface area contributed by atoms with Crippen LogP contribution in [-0.4, -0.2) is 37.9 Å². The second-order valence-electron chi connectivity index (χ2n) is 5.33. The van der Waals surface area contributed by atoms with Crippen LogP contribution in [0.4, 0.5) is 0 Å². The number of hydrogen-bond acceptors (Lipinski definition) is 6. The van der Waals surface area contributed by atoms with Gasteiger partial charge in [-0.1, -0.05) is 6.07 Å². The molecule has 0 aliphatic carbocycles. The first-order valence-corrected chi connectivity index (χ1v) is 8.40. The van der Waals surface area contributed by atoms with Gasteiger partial charge in [-0.15, -0.1) is 11.3 Å². The van der Waals surface area contributed by atoms with Gasteiger partial charge >= 0.3 is 5.97 Å². The van der Waals surface area contributed by atoms with Gasteiger partial charge in [0, 0.05) is 20.9 Å². The molecule has 1 aromatic carbocycles. The standard InChI is InChI=1S/C18H19NO5S/c1-11-7-15(12(2)25-11)16(20)10-24-17(21)9-19-18(22)13-5-4-6-14(8-13)23-3/h4-8H,9-10H2,1-3H3,(H,19,22). The third kappa shape index (κ3) is 5.15. The van der Waals surface area contributed by atoms with Gasteiger partial charge in [-0.2, -0.15) is 0 Å². The van der Waals surface area contributed by atoms with Gasteiger partial charge in [-0.05, 0) is 38.1 Å². The zero-order valence-electron chi connectivity index (χ0n) is 14.3. The number of rotatable bonds is 7. The van der Waals surface area contributed by atoms with Crippen molar-refractivity contribution < 1.29 is 23.9 Å². The molecule has 1 aromatic heterocycles. The van der Waals surface area contributed by atoms with E-state index in [9.17, 15) is 14.4 Å². The number of Topliss-reactive ketones (excluding diaryl/α,β-unsaturated/α-hetero) is 1. The molecule has 2 rings (SSSR count). The third-order valence-corrected chi connectivity index (χ3v) is 4.40. The number of carbonyl (C=O) groups is 3. The molecule has 132 valence electrons. The summed E-state index contributed by atoms with van der Waals surface area (Å²) in [4.78, 5) is 37.7. The Labute approximate surface area is 149 Å². The topological polar surface area (TPSA) is 81.7 Å². The van der Waals surface area contributed by atoms with Crippen molar-refractivity contribution in [2.24, 2.45) is 0 Å². The maximum atomic E-state index is 12.0. The summed E-state index contributed by atoms with van der Waals surface area (Å²) in [5, 5.41) is 2.45. The van der Waals surface area contributed by atoms with Crippen LogP contribution in [0.1, 0.15) is 30.5 Å². The highest BCUT2D eigenvalue weighted by atomic mass is 32.1. The molecule has 1 amide bonds. The number of amides is 1. The highest BCUT2D eigenvalue weighted by Gasteiger charge is 2.15. The molecule has 6 nitrogen and oxygen atoms in total. The summed E-state index contributed by atoms with van der Waals surface area (Å²) in [5.74, 6) is -0.808. The number of hydrogen-bond donors (Lipinski definition) is 1. The lowest BCUT2D eigenvalue weighted by atomic mass is 10.2. The molecule has 0 aliphatic rings. The summed E-state index contributed by atoms with van der Waals surface area (Å²) in [6.07, 6.45) is 0. The van der Waals surface area contributed by atoms with Crippen molar-refractivity contribution in [2.75, 3.05) is 20.3 Å². The lowest BCUT2D eigenvalue weighted by Crippen LogP contribution is -2.31. The fourth-order valence-electron chi connectivity index (χ4n) is 2.20. The van der Waals surface area contributed by atoms with Gasteiger partial charge in [0.05, 0.1) is 7.11 Å². The van der Waals surface area contributed by atoms with Gasteiger partial charge in [0.1, 0.15) is 12.3 Å². The van der Waals surface area contributed by atoms with Crippen LogP contribution in [-0.2, 0) is 9.53 Å². The second kappa shape index (κ2) is 8.43. The normalized spacial score (nSPS) is 10.2. The predicted molar refractivity (Wildman–Crippen MR) is 94.4 cm³/mol. The smallest absolute Gasteiger partial charge is 0.325 e. The minimum absolute atomic E-state index is 0.255. The minimum Gasteiger partial charge on any atom is -0.497 e. The van der Waals surface area contributed by atoms with Gasteiger partial charge < -0.3 is 14.8 Å². The summed E-state index contributed by atoms with van der Waals surface area (Å²) in [5.41, 5.74) is 0.934. The first-order chi connectivity index (χ1) is 11.9. The zero-order chi connectivity index (χ0) is 18.4. The van der Waals surface area contributed by atoms with Crippen LogP contribution in [0.15, 0.2) is 30.3 Å². The monoisotopic (exact) mass is 361 g/mol. The molecular weight excluding hydrogens is 342 g/mol. The first kappa shape index (κ1) is 18.7. The molecule has 0 saturated heterocycles. The Morgan fingerprint density at radius 2 is 1.92 bits per heavy atom. The molecule has 7 heteroatoms. The van der Waals surface area contributed by atoms with E-state index in [2.05, 4.69) is 5.32 Å². The Morgan fingerprint density at radius 3 is 2.56 bits per heavy atom. The van der Waals surface area contributed by atoms with E-state index in [4.69, 9.17) is 9.47 Å². The van der Waals surface area contributed by atoms with E-state index >= 15 is 0 Å². The Bertz CT molecular complexity index is 797. The SMILES string of the molecule is COc1cccc(C(=O)NCC(=O)OCC(=O)c2cc(C)sc2C)c1. The summed E-state index contributed by atoms with van der Waals surface area (Å²) >= 11 is 1.52. The molecule has 1 heterocycles. The maximum Gasteiger partial charge on any atom is 0.325 e. The average molecular weight is 361 g/mol. The summed E-state index contributed by atoms with van der Waals surface area (Å²) in [6, 6.07) is 8.34. The van der Waals surface area contributed by atoms with E-state index in [0.29, 0.717) is 16.9 Å². The van der Waals surface area contributed by atoms with Gasteiger partial charge in [0.2, 0.25) is 5.78 Å². The first-order valence-electron chi connectivity index (χ1n) is 7.59. The van der Waals surface area contributed by atoms with Crippen molar-refractivity contribution in [1.29, 1.82) is 0 Å². The van der Waals surface area contributed by atoms with E-state index in [-0.39, 0.29) is 18.9 Å². The van der Waals surface area contributed by atoms with E-state index in [1.54, 1.807) is 30.3 Å². The number of nitrogens with one attached hydrogen (secondary N) is 1. The number of carbonyl (C=O) groups excluding carboxylic acids is 3. The fourth-order valence-corrected chi connectivity index (χ4v) is 3.14. The largest absolute Gasteiger partial charge is 0.497 e. The molecule has 2 aromatic rings. The number of methoxy groups -OCH3 is 1. The predicted octanol–water partition coefficient (Wildman–Crippen LogP) is 2.53. The maximum absolute atomic E-state index is 12.0. The molecule has 0 unspecified atom stereocenters. The van der Waals surface area contributed by atoms with E-state index in [1.807, 2.05) is 13.8 Å². The molecule has 0 bridgehead atoms. The van der Waals surface area contributed by atoms with E-state index < -0.39 is 11.9 Å². The Morgan fingerprint density at radius 1 is 1.16 bits per heavy atom. The fraction of sp³-hybridized carbons (Fsp3) is 0.278. The van der Waals surface area contributed by atoms with Gasteiger partial charge in [-0.3, -0.25) is 14.4 Å². The second-order valence-corrected chi connectivity index (χ2v) is 6.79. The molecule has 1 N–H and O–H groups in total. The molecule has 0 spiro atoms. The van der Waals surface area contributed by atoms with E-state index in [0.717, 1.165) is 9.75 Å². The zero-order valence-corrected chi connectivity index (χ0v) is 15.1. The minimum atomic E-state index is -0.672. The number of ether oxygens (including phenoxy) is 2. The van der Waals surface area contributed by atoms with Gasteiger partial charge in [-0.25, -0.2) is 0 Å². The molecule has 25 heavy (non-hydrogen) atoms.